The third kappa shape index (κ3) is 1.56. The van der Waals surface area contributed by atoms with Crippen LogP contribution in [0.15, 0.2) is 0 Å². The van der Waals surface area contributed by atoms with Crippen molar-refractivity contribution in [1.29, 1.82) is 0 Å². The van der Waals surface area contributed by atoms with Crippen molar-refractivity contribution in [3.05, 3.63) is 0 Å². The minimum atomic E-state index is 1.06. The van der Waals surface area contributed by atoms with Crippen molar-refractivity contribution in [1.82, 2.24) is 0 Å². The summed E-state index contributed by atoms with van der Waals surface area (Å²) >= 11 is 0. The summed E-state index contributed by atoms with van der Waals surface area (Å²) in [5.74, 6) is 8.87. The maximum Gasteiger partial charge on any atom is -0.0352 e. The molecule has 0 aromatic rings. The van der Waals surface area contributed by atoms with E-state index in [9.17, 15) is 0 Å². The van der Waals surface area contributed by atoms with Gasteiger partial charge in [-0.05, 0) is 73.0 Å². The lowest BCUT2D eigenvalue weighted by Gasteiger charge is -2.30. The average Bonchev–Trinajstić information content (AvgIpc) is 3.05. The van der Waals surface area contributed by atoms with Crippen LogP contribution in [0.2, 0.25) is 0 Å². The highest BCUT2D eigenvalue weighted by atomic mass is 14.6. The molecule has 0 radical (unpaired) electrons. The van der Waals surface area contributed by atoms with E-state index < -0.39 is 0 Å². The highest BCUT2D eigenvalue weighted by Gasteiger charge is 2.51. The molecule has 4 aliphatic carbocycles. The van der Waals surface area contributed by atoms with Gasteiger partial charge in [0.2, 0.25) is 0 Å². The Bertz CT molecular complexity index is 288. The normalized spacial score (nSPS) is 59.0. The van der Waals surface area contributed by atoms with Gasteiger partial charge >= 0.3 is 0 Å². The zero-order valence-electron chi connectivity index (χ0n) is 12.3. The van der Waals surface area contributed by atoms with Gasteiger partial charge < -0.3 is 0 Å². The standard InChI is InChI=1S/C18H30/c1-11-15-7-3-5-13(15)9-17(11)18-10-14-6-4-8-16(14)12(18)2/h11-18H,3-10H2,1-2H3. The molecule has 4 saturated carbocycles. The minimum absolute atomic E-state index is 1.06. The molecule has 0 nitrogen and oxygen atoms in total. The fourth-order valence-electron chi connectivity index (χ4n) is 6.99. The number of rotatable bonds is 1. The second-order valence-electron chi connectivity index (χ2n) is 8.23. The van der Waals surface area contributed by atoms with Crippen molar-refractivity contribution in [2.45, 2.75) is 65.2 Å². The lowest BCUT2D eigenvalue weighted by molar-refractivity contribution is 0.186. The van der Waals surface area contributed by atoms with E-state index in [1.54, 1.807) is 38.5 Å². The zero-order chi connectivity index (χ0) is 12.3. The predicted molar refractivity (Wildman–Crippen MR) is 76.2 cm³/mol. The fraction of sp³-hybridized carbons (Fsp3) is 1.00. The molecule has 0 aromatic heterocycles. The van der Waals surface area contributed by atoms with E-state index in [0.29, 0.717) is 0 Å². The molecule has 102 valence electrons. The highest BCUT2D eigenvalue weighted by molar-refractivity contribution is 5.01. The van der Waals surface area contributed by atoms with Crippen LogP contribution in [0.3, 0.4) is 0 Å². The molecule has 4 fully saturated rings. The van der Waals surface area contributed by atoms with Crippen molar-refractivity contribution in [3.8, 4) is 0 Å². The Labute approximate surface area is 113 Å². The van der Waals surface area contributed by atoms with Gasteiger partial charge in [0, 0.05) is 0 Å². The first-order valence-electron chi connectivity index (χ1n) is 8.75. The fourth-order valence-corrected chi connectivity index (χ4v) is 6.99. The highest BCUT2D eigenvalue weighted by Crippen LogP contribution is 2.60. The van der Waals surface area contributed by atoms with E-state index in [4.69, 9.17) is 0 Å². The Balaban J connectivity index is 1.51. The monoisotopic (exact) mass is 246 g/mol. The molecule has 4 aliphatic rings. The summed E-state index contributed by atoms with van der Waals surface area (Å²) in [4.78, 5) is 0. The van der Waals surface area contributed by atoms with Gasteiger partial charge in [0.15, 0.2) is 0 Å². The molecule has 0 aliphatic heterocycles. The quantitative estimate of drug-likeness (QED) is 0.601. The Kier molecular flexibility index (Phi) is 2.79. The molecule has 8 atom stereocenters. The molecule has 0 spiro atoms. The SMILES string of the molecule is CC1C2CCCC2CC1C1CC2CCCC2C1C. The largest absolute Gasteiger partial charge is 0.0620 e. The van der Waals surface area contributed by atoms with Gasteiger partial charge in [0.1, 0.15) is 0 Å². The summed E-state index contributed by atoms with van der Waals surface area (Å²) in [6, 6.07) is 0. The van der Waals surface area contributed by atoms with Gasteiger partial charge in [0.05, 0.1) is 0 Å². The number of hydrogen-bond donors (Lipinski definition) is 0. The molecule has 8 unspecified atom stereocenters. The topological polar surface area (TPSA) is 0 Å². The van der Waals surface area contributed by atoms with Crippen LogP contribution in [0.4, 0.5) is 0 Å². The van der Waals surface area contributed by atoms with E-state index in [1.807, 2.05) is 0 Å². The molecule has 18 heavy (non-hydrogen) atoms. The summed E-state index contributed by atoms with van der Waals surface area (Å²) in [6.45, 7) is 5.23. The molecule has 0 N–H and O–H groups in total. The van der Waals surface area contributed by atoms with E-state index in [0.717, 1.165) is 47.3 Å². The molecular weight excluding hydrogens is 216 g/mol. The Morgan fingerprint density at radius 2 is 1.00 bits per heavy atom. The molecule has 0 aromatic carbocycles. The van der Waals surface area contributed by atoms with Crippen molar-refractivity contribution >= 4 is 0 Å². The second-order valence-corrected chi connectivity index (χ2v) is 8.23. The molecule has 0 heterocycles. The van der Waals surface area contributed by atoms with Gasteiger partial charge in [-0.2, -0.15) is 0 Å². The van der Waals surface area contributed by atoms with Crippen molar-refractivity contribution < 1.29 is 0 Å². The van der Waals surface area contributed by atoms with Crippen molar-refractivity contribution in [2.75, 3.05) is 0 Å². The van der Waals surface area contributed by atoms with Crippen molar-refractivity contribution in [2.24, 2.45) is 47.3 Å². The molecule has 0 amide bonds. The zero-order valence-corrected chi connectivity index (χ0v) is 12.3. The third-order valence-electron chi connectivity index (χ3n) is 7.84. The first kappa shape index (κ1) is 11.8. The second kappa shape index (κ2) is 4.25. The van der Waals surface area contributed by atoms with E-state index in [2.05, 4.69) is 13.8 Å². The maximum absolute atomic E-state index is 2.61. The van der Waals surface area contributed by atoms with Gasteiger partial charge in [-0.15, -0.1) is 0 Å². The first-order valence-corrected chi connectivity index (χ1v) is 8.75. The number of fused-ring (bicyclic) bond motifs is 2. The van der Waals surface area contributed by atoms with Crippen LogP contribution in [0.1, 0.15) is 65.2 Å². The summed E-state index contributed by atoms with van der Waals surface area (Å²) < 4.78 is 0. The molecule has 0 saturated heterocycles. The summed E-state index contributed by atoms with van der Waals surface area (Å²) in [5, 5.41) is 0. The van der Waals surface area contributed by atoms with Crippen LogP contribution >= 0.6 is 0 Å². The van der Waals surface area contributed by atoms with Crippen LogP contribution in [-0.2, 0) is 0 Å². The number of hydrogen-bond acceptors (Lipinski definition) is 0. The lowest BCUT2D eigenvalue weighted by atomic mass is 9.75. The molecule has 4 rings (SSSR count). The average molecular weight is 246 g/mol. The smallest absolute Gasteiger partial charge is 0.0352 e. The van der Waals surface area contributed by atoms with Crippen LogP contribution in [0.25, 0.3) is 0 Å². The van der Waals surface area contributed by atoms with Crippen molar-refractivity contribution in [3.63, 3.8) is 0 Å². The summed E-state index contributed by atoms with van der Waals surface area (Å²) in [7, 11) is 0. The molecule has 0 heteroatoms. The minimum Gasteiger partial charge on any atom is -0.0620 e. The maximum atomic E-state index is 2.61. The van der Waals surface area contributed by atoms with Crippen LogP contribution in [0.5, 0.6) is 0 Å². The predicted octanol–water partition coefficient (Wildman–Crippen LogP) is 5.13. The molecular formula is C18H30. The lowest BCUT2D eigenvalue weighted by Crippen LogP contribution is -2.23. The Morgan fingerprint density at radius 3 is 1.39 bits per heavy atom. The Hall–Kier alpha value is 0. The van der Waals surface area contributed by atoms with Gasteiger partial charge in [-0.1, -0.05) is 39.5 Å². The first-order chi connectivity index (χ1) is 8.75. The van der Waals surface area contributed by atoms with E-state index in [1.165, 1.54) is 12.8 Å². The van der Waals surface area contributed by atoms with E-state index in [-0.39, 0.29) is 0 Å². The van der Waals surface area contributed by atoms with Crippen LogP contribution in [0, 0.1) is 47.3 Å². The Morgan fingerprint density at radius 1 is 0.556 bits per heavy atom. The van der Waals surface area contributed by atoms with Gasteiger partial charge in [-0.3, -0.25) is 0 Å². The molecule has 0 bridgehead atoms. The van der Waals surface area contributed by atoms with Gasteiger partial charge in [0.25, 0.3) is 0 Å². The van der Waals surface area contributed by atoms with E-state index >= 15 is 0 Å². The third-order valence-corrected chi connectivity index (χ3v) is 7.84. The van der Waals surface area contributed by atoms with Crippen LogP contribution in [-0.4, -0.2) is 0 Å². The summed E-state index contributed by atoms with van der Waals surface area (Å²) in [5.41, 5.74) is 0. The van der Waals surface area contributed by atoms with Crippen LogP contribution < -0.4 is 0 Å². The summed E-state index contributed by atoms with van der Waals surface area (Å²) in [6.07, 6.45) is 12.6. The van der Waals surface area contributed by atoms with Gasteiger partial charge in [-0.25, -0.2) is 0 Å².